The van der Waals surface area contributed by atoms with E-state index < -0.39 is 0 Å². The van der Waals surface area contributed by atoms with Crippen molar-refractivity contribution in [3.8, 4) is 0 Å². The van der Waals surface area contributed by atoms with Crippen LogP contribution in [0.2, 0.25) is 0 Å². The van der Waals surface area contributed by atoms with Crippen LogP contribution in [-0.2, 0) is 10.2 Å². The summed E-state index contributed by atoms with van der Waals surface area (Å²) < 4.78 is 5.35. The summed E-state index contributed by atoms with van der Waals surface area (Å²) in [5, 5.41) is 3.35. The highest BCUT2D eigenvalue weighted by atomic mass is 16.5. The van der Waals surface area contributed by atoms with Crippen LogP contribution in [-0.4, -0.2) is 54.3 Å². The van der Waals surface area contributed by atoms with Gasteiger partial charge < -0.3 is 15.8 Å². The molecule has 3 N–H and O–H groups in total. The van der Waals surface area contributed by atoms with E-state index in [2.05, 4.69) is 41.0 Å². The molecule has 0 amide bonds. The molecule has 1 saturated heterocycles. The van der Waals surface area contributed by atoms with E-state index in [0.29, 0.717) is 5.82 Å². The minimum Gasteiger partial charge on any atom is -0.384 e. The van der Waals surface area contributed by atoms with Gasteiger partial charge in [0.1, 0.15) is 17.5 Å². The van der Waals surface area contributed by atoms with E-state index in [9.17, 15) is 0 Å². The number of morpholine rings is 1. The zero-order valence-electron chi connectivity index (χ0n) is 13.4. The molecule has 1 aliphatic rings. The Hall–Kier alpha value is -1.40. The van der Waals surface area contributed by atoms with Crippen LogP contribution in [0.3, 0.4) is 0 Å². The van der Waals surface area contributed by atoms with Gasteiger partial charge >= 0.3 is 0 Å². The molecule has 6 heteroatoms. The molecule has 1 fully saturated rings. The third-order valence-corrected chi connectivity index (χ3v) is 3.48. The molecule has 118 valence electrons. The van der Waals surface area contributed by atoms with Crippen molar-refractivity contribution in [2.45, 2.75) is 32.6 Å². The van der Waals surface area contributed by atoms with Gasteiger partial charge in [-0.2, -0.15) is 0 Å². The number of anilines is 2. The highest BCUT2D eigenvalue weighted by Crippen LogP contribution is 2.21. The molecule has 0 bridgehead atoms. The highest BCUT2D eigenvalue weighted by molar-refractivity contribution is 5.45. The third kappa shape index (κ3) is 5.13. The van der Waals surface area contributed by atoms with Gasteiger partial charge in [0, 0.05) is 31.1 Å². The second-order valence-electron chi connectivity index (χ2n) is 6.49. The molecule has 1 aromatic rings. The first-order chi connectivity index (χ1) is 9.95. The maximum Gasteiger partial charge on any atom is 0.138 e. The monoisotopic (exact) mass is 293 g/mol. The van der Waals surface area contributed by atoms with Gasteiger partial charge in [-0.1, -0.05) is 20.8 Å². The summed E-state index contributed by atoms with van der Waals surface area (Å²) in [4.78, 5) is 11.3. The van der Waals surface area contributed by atoms with E-state index >= 15 is 0 Å². The molecule has 0 unspecified atom stereocenters. The SMILES string of the molecule is CC(C)(C)c1nc(N)cc(NCCCN2CCOCC2)n1. The largest absolute Gasteiger partial charge is 0.384 e. The van der Waals surface area contributed by atoms with Crippen LogP contribution in [0.15, 0.2) is 6.07 Å². The van der Waals surface area contributed by atoms with Gasteiger partial charge in [0.15, 0.2) is 0 Å². The lowest BCUT2D eigenvalue weighted by molar-refractivity contribution is 0.0378. The lowest BCUT2D eigenvalue weighted by Crippen LogP contribution is -2.37. The van der Waals surface area contributed by atoms with E-state index in [1.807, 2.05) is 0 Å². The summed E-state index contributed by atoms with van der Waals surface area (Å²) in [6.45, 7) is 12.0. The summed E-state index contributed by atoms with van der Waals surface area (Å²) in [5.74, 6) is 2.11. The fourth-order valence-electron chi connectivity index (χ4n) is 2.24. The van der Waals surface area contributed by atoms with Gasteiger partial charge in [-0.15, -0.1) is 0 Å². The second-order valence-corrected chi connectivity index (χ2v) is 6.49. The van der Waals surface area contributed by atoms with Crippen LogP contribution >= 0.6 is 0 Å². The lowest BCUT2D eigenvalue weighted by atomic mass is 9.96. The van der Waals surface area contributed by atoms with Crippen LogP contribution in [0.25, 0.3) is 0 Å². The molecule has 0 aromatic carbocycles. The molecule has 2 rings (SSSR count). The van der Waals surface area contributed by atoms with Crippen molar-refractivity contribution >= 4 is 11.6 Å². The number of nitrogens with zero attached hydrogens (tertiary/aromatic N) is 3. The van der Waals surface area contributed by atoms with Crippen molar-refractivity contribution in [3.05, 3.63) is 11.9 Å². The van der Waals surface area contributed by atoms with Gasteiger partial charge in [-0.05, 0) is 13.0 Å². The Labute approximate surface area is 127 Å². The molecule has 1 aromatic heterocycles. The van der Waals surface area contributed by atoms with Crippen molar-refractivity contribution in [2.75, 3.05) is 50.4 Å². The number of hydrogen-bond donors (Lipinski definition) is 2. The Kier molecular flexibility index (Phi) is 5.36. The maximum absolute atomic E-state index is 5.86. The lowest BCUT2D eigenvalue weighted by Gasteiger charge is -2.26. The molecular formula is C15H27N5O. The molecule has 1 aliphatic heterocycles. The Morgan fingerprint density at radius 3 is 2.67 bits per heavy atom. The molecular weight excluding hydrogens is 266 g/mol. The Bertz CT molecular complexity index is 452. The number of nitrogens with two attached hydrogens (primary N) is 1. The van der Waals surface area contributed by atoms with E-state index in [-0.39, 0.29) is 5.41 Å². The number of nitrogens with one attached hydrogen (secondary N) is 1. The summed E-state index contributed by atoms with van der Waals surface area (Å²) in [5.41, 5.74) is 5.77. The van der Waals surface area contributed by atoms with Crippen molar-refractivity contribution < 1.29 is 4.74 Å². The van der Waals surface area contributed by atoms with Gasteiger partial charge in [0.2, 0.25) is 0 Å². The van der Waals surface area contributed by atoms with Crippen LogP contribution in [0, 0.1) is 0 Å². The molecule has 6 nitrogen and oxygen atoms in total. The van der Waals surface area contributed by atoms with E-state index in [0.717, 1.165) is 57.5 Å². The molecule has 0 saturated carbocycles. The Morgan fingerprint density at radius 2 is 2.00 bits per heavy atom. The Morgan fingerprint density at radius 1 is 1.29 bits per heavy atom. The number of aromatic nitrogens is 2. The molecule has 0 spiro atoms. The van der Waals surface area contributed by atoms with Crippen molar-refractivity contribution in [2.24, 2.45) is 0 Å². The van der Waals surface area contributed by atoms with E-state index in [4.69, 9.17) is 10.5 Å². The zero-order chi connectivity index (χ0) is 15.3. The summed E-state index contributed by atoms with van der Waals surface area (Å²) in [7, 11) is 0. The predicted molar refractivity (Wildman–Crippen MR) is 85.5 cm³/mol. The maximum atomic E-state index is 5.86. The first kappa shape index (κ1) is 16.0. The average Bonchev–Trinajstić information content (AvgIpc) is 2.43. The second kappa shape index (κ2) is 7.04. The van der Waals surface area contributed by atoms with Gasteiger partial charge in [0.05, 0.1) is 13.2 Å². The highest BCUT2D eigenvalue weighted by Gasteiger charge is 2.18. The van der Waals surface area contributed by atoms with Crippen LogP contribution in [0.1, 0.15) is 33.0 Å². The Balaban J connectivity index is 1.81. The summed E-state index contributed by atoms with van der Waals surface area (Å²) >= 11 is 0. The van der Waals surface area contributed by atoms with Crippen LogP contribution in [0.5, 0.6) is 0 Å². The normalized spacial score (nSPS) is 16.9. The van der Waals surface area contributed by atoms with E-state index in [1.165, 1.54) is 0 Å². The first-order valence-electron chi connectivity index (χ1n) is 7.64. The van der Waals surface area contributed by atoms with Gasteiger partial charge in [0.25, 0.3) is 0 Å². The van der Waals surface area contributed by atoms with Gasteiger partial charge in [-0.3, -0.25) is 4.90 Å². The molecule has 2 heterocycles. The summed E-state index contributed by atoms with van der Waals surface area (Å²) in [6, 6.07) is 1.80. The van der Waals surface area contributed by atoms with Gasteiger partial charge in [-0.25, -0.2) is 9.97 Å². The fourth-order valence-corrected chi connectivity index (χ4v) is 2.24. The van der Waals surface area contributed by atoms with Crippen molar-refractivity contribution in [3.63, 3.8) is 0 Å². The molecule has 21 heavy (non-hydrogen) atoms. The minimum atomic E-state index is -0.0976. The van der Waals surface area contributed by atoms with Crippen molar-refractivity contribution in [1.29, 1.82) is 0 Å². The van der Waals surface area contributed by atoms with Crippen LogP contribution in [0.4, 0.5) is 11.6 Å². The third-order valence-electron chi connectivity index (χ3n) is 3.48. The quantitative estimate of drug-likeness (QED) is 0.801. The van der Waals surface area contributed by atoms with E-state index in [1.54, 1.807) is 6.07 Å². The number of hydrogen-bond acceptors (Lipinski definition) is 6. The standard InChI is InChI=1S/C15H27N5O/c1-15(2,3)14-18-12(16)11-13(19-14)17-5-4-6-20-7-9-21-10-8-20/h11H,4-10H2,1-3H3,(H3,16,17,18,19). The summed E-state index contributed by atoms with van der Waals surface area (Å²) in [6.07, 6.45) is 1.08. The number of nitrogen functional groups attached to an aromatic ring is 1. The number of rotatable bonds is 5. The predicted octanol–water partition coefficient (Wildman–Crippen LogP) is 1.49. The van der Waals surface area contributed by atoms with Crippen LogP contribution < -0.4 is 11.1 Å². The first-order valence-corrected chi connectivity index (χ1v) is 7.64. The minimum absolute atomic E-state index is 0.0976. The number of ether oxygens (including phenoxy) is 1. The zero-order valence-corrected chi connectivity index (χ0v) is 13.4. The van der Waals surface area contributed by atoms with Crippen molar-refractivity contribution in [1.82, 2.24) is 14.9 Å². The fraction of sp³-hybridized carbons (Fsp3) is 0.733. The molecule has 0 radical (unpaired) electrons. The molecule has 0 atom stereocenters. The topological polar surface area (TPSA) is 76.3 Å². The smallest absolute Gasteiger partial charge is 0.138 e. The molecule has 0 aliphatic carbocycles. The average molecular weight is 293 g/mol.